The molecule has 0 unspecified atom stereocenters. The number of nitrogens with one attached hydrogen (secondary N) is 1. The van der Waals surface area contributed by atoms with Gasteiger partial charge < -0.3 is 15.0 Å². The van der Waals surface area contributed by atoms with Gasteiger partial charge in [-0.2, -0.15) is 0 Å². The number of hydrogen-bond donors (Lipinski definition) is 1. The van der Waals surface area contributed by atoms with Gasteiger partial charge in [-0.25, -0.2) is 0 Å². The van der Waals surface area contributed by atoms with Gasteiger partial charge in [0.1, 0.15) is 5.84 Å². The fourth-order valence-electron chi connectivity index (χ4n) is 10.4. The number of halogens is 1. The third-order valence-corrected chi connectivity index (χ3v) is 13.2. The molecule has 8 heteroatoms. The molecule has 6 aliphatic rings. The molecule has 0 bridgehead atoms. The molecule has 7 nitrogen and oxygen atoms in total. The van der Waals surface area contributed by atoms with E-state index >= 15 is 0 Å². The number of para-hydroxylation sites is 1. The van der Waals surface area contributed by atoms with Crippen molar-refractivity contribution in [2.24, 2.45) is 45.4 Å². The number of amidine groups is 1. The molecule has 0 spiro atoms. The van der Waals surface area contributed by atoms with Crippen LogP contribution in [-0.4, -0.2) is 48.6 Å². The number of hydrogen-bond acceptors (Lipinski definition) is 7. The summed E-state index contributed by atoms with van der Waals surface area (Å²) in [6.07, 6.45) is 8.18. The molecule has 8 rings (SSSR count). The van der Waals surface area contributed by atoms with Crippen LogP contribution in [0.2, 0.25) is 0 Å². The summed E-state index contributed by atoms with van der Waals surface area (Å²) in [6.45, 7) is 11.0. The minimum Gasteiger partial charge on any atom is -0.451 e. The number of esters is 1. The molecule has 3 fully saturated rings. The van der Waals surface area contributed by atoms with Gasteiger partial charge in [0.2, 0.25) is 0 Å². The number of carbonyl (C=O) groups is 3. The van der Waals surface area contributed by atoms with Crippen molar-refractivity contribution in [3.8, 4) is 0 Å². The van der Waals surface area contributed by atoms with E-state index in [9.17, 15) is 14.4 Å². The van der Waals surface area contributed by atoms with E-state index in [0.717, 1.165) is 63.3 Å². The SMILES string of the molecule is CC(=O)O[C@]1(C(C)=O)CC[C@H]2[C@@H]3C=C(Cl)C4=CC(=O)[C@@H]5C[C@@H]5[C@]4(C)[C@H]3CC[C@@]21C.c1ccc(CN(CC2=NCCN2)c2ccccc2)cc1. The molecule has 0 radical (unpaired) electrons. The Kier molecular flexibility index (Phi) is 8.87. The summed E-state index contributed by atoms with van der Waals surface area (Å²) >= 11 is 6.79. The predicted molar refractivity (Wildman–Crippen MR) is 193 cm³/mol. The molecule has 5 aliphatic carbocycles. The number of aliphatic imine (C=N–C) groups is 1. The first-order valence-electron chi connectivity index (χ1n) is 17.9. The fraction of sp³-hybridized carbons (Fsp3) is 0.512. The van der Waals surface area contributed by atoms with Crippen molar-refractivity contribution >= 4 is 40.7 Å². The Morgan fingerprint density at radius 2 is 1.65 bits per heavy atom. The summed E-state index contributed by atoms with van der Waals surface area (Å²) in [4.78, 5) is 44.0. The number of carbonyl (C=O) groups excluding carboxylic acids is 3. The van der Waals surface area contributed by atoms with E-state index in [1.165, 1.54) is 18.2 Å². The lowest BCUT2D eigenvalue weighted by molar-refractivity contribution is -0.185. The molecule has 1 aliphatic heterocycles. The topological polar surface area (TPSA) is 88.1 Å². The predicted octanol–water partition coefficient (Wildman–Crippen LogP) is 7.30. The van der Waals surface area contributed by atoms with Gasteiger partial charge in [-0.15, -0.1) is 0 Å². The van der Waals surface area contributed by atoms with Crippen LogP contribution in [0.15, 0.2) is 88.4 Å². The maximum atomic E-state index is 12.8. The van der Waals surface area contributed by atoms with Crippen molar-refractivity contribution in [1.82, 2.24) is 5.32 Å². The average Bonchev–Trinajstić information content (AvgIpc) is 3.65. The zero-order valence-electron chi connectivity index (χ0n) is 29.1. The fourth-order valence-corrected chi connectivity index (χ4v) is 10.8. The van der Waals surface area contributed by atoms with E-state index in [1.807, 2.05) is 6.08 Å². The summed E-state index contributed by atoms with van der Waals surface area (Å²) in [6, 6.07) is 21.1. The highest BCUT2D eigenvalue weighted by Gasteiger charge is 2.70. The molecule has 3 saturated carbocycles. The maximum Gasteiger partial charge on any atom is 0.303 e. The van der Waals surface area contributed by atoms with E-state index in [2.05, 4.69) is 95.8 Å². The number of benzene rings is 2. The van der Waals surface area contributed by atoms with E-state index in [0.29, 0.717) is 23.3 Å². The number of rotatable bonds is 7. The second-order valence-electron chi connectivity index (χ2n) is 15.4. The molecule has 1 heterocycles. The summed E-state index contributed by atoms with van der Waals surface area (Å²) < 4.78 is 5.82. The Hall–Kier alpha value is -3.71. The summed E-state index contributed by atoms with van der Waals surface area (Å²) in [5.74, 6) is 2.36. The molecule has 2 aromatic rings. The first kappa shape index (κ1) is 33.8. The molecular formula is C41H48ClN3O4. The van der Waals surface area contributed by atoms with Gasteiger partial charge in [0, 0.05) is 47.5 Å². The smallest absolute Gasteiger partial charge is 0.303 e. The number of nitrogens with zero attached hydrogens (tertiary/aromatic N) is 2. The van der Waals surface area contributed by atoms with Crippen molar-refractivity contribution in [2.45, 2.75) is 71.9 Å². The van der Waals surface area contributed by atoms with E-state index in [1.54, 1.807) is 6.92 Å². The van der Waals surface area contributed by atoms with Gasteiger partial charge in [-0.3, -0.25) is 19.4 Å². The van der Waals surface area contributed by atoms with Crippen LogP contribution in [0.4, 0.5) is 5.69 Å². The van der Waals surface area contributed by atoms with Gasteiger partial charge >= 0.3 is 5.97 Å². The molecule has 1 N–H and O–H groups in total. The van der Waals surface area contributed by atoms with Crippen LogP contribution >= 0.6 is 11.6 Å². The number of Topliss-reactive ketones (excluding diaryl/α,β-unsaturated/α-hetero) is 1. The van der Waals surface area contributed by atoms with Gasteiger partial charge in [0.15, 0.2) is 17.2 Å². The van der Waals surface area contributed by atoms with Gasteiger partial charge in [-0.1, -0.05) is 80.1 Å². The third kappa shape index (κ3) is 5.76. The van der Waals surface area contributed by atoms with Crippen molar-refractivity contribution in [3.63, 3.8) is 0 Å². The first-order chi connectivity index (χ1) is 23.5. The Morgan fingerprint density at radius 3 is 2.31 bits per heavy atom. The largest absolute Gasteiger partial charge is 0.451 e. The lowest BCUT2D eigenvalue weighted by Crippen LogP contribution is -2.58. The number of ketones is 2. The van der Waals surface area contributed by atoms with Gasteiger partial charge in [0.05, 0.1) is 13.1 Å². The quantitative estimate of drug-likeness (QED) is 0.309. The minimum atomic E-state index is -1.03. The van der Waals surface area contributed by atoms with Crippen LogP contribution < -0.4 is 10.2 Å². The Balaban J connectivity index is 0.000000166. The van der Waals surface area contributed by atoms with E-state index in [-0.39, 0.29) is 46.1 Å². The number of allylic oxidation sites excluding steroid dienone is 4. The second kappa shape index (κ2) is 12.9. The molecule has 258 valence electrons. The van der Waals surface area contributed by atoms with Crippen LogP contribution in [0, 0.1) is 40.4 Å². The van der Waals surface area contributed by atoms with E-state index < -0.39 is 5.60 Å². The highest BCUT2D eigenvalue weighted by atomic mass is 35.5. The Morgan fingerprint density at radius 1 is 0.959 bits per heavy atom. The highest BCUT2D eigenvalue weighted by molar-refractivity contribution is 6.32. The van der Waals surface area contributed by atoms with Gasteiger partial charge in [0.25, 0.3) is 0 Å². The van der Waals surface area contributed by atoms with Crippen LogP contribution in [-0.2, 0) is 25.7 Å². The monoisotopic (exact) mass is 681 g/mol. The first-order valence-corrected chi connectivity index (χ1v) is 18.3. The van der Waals surface area contributed by atoms with Crippen molar-refractivity contribution < 1.29 is 19.1 Å². The molecule has 0 amide bonds. The average molecular weight is 682 g/mol. The van der Waals surface area contributed by atoms with Crippen molar-refractivity contribution in [3.05, 3.63) is 89.0 Å². The molecule has 8 atom stereocenters. The minimum absolute atomic E-state index is 0.0423. The molecule has 49 heavy (non-hydrogen) atoms. The zero-order chi connectivity index (χ0) is 34.6. The van der Waals surface area contributed by atoms with Gasteiger partial charge in [-0.05, 0) is 92.0 Å². The van der Waals surface area contributed by atoms with Crippen LogP contribution in [0.3, 0.4) is 0 Å². The molecule has 0 saturated heterocycles. The molecule has 0 aromatic heterocycles. The zero-order valence-corrected chi connectivity index (χ0v) is 29.8. The van der Waals surface area contributed by atoms with E-state index in [4.69, 9.17) is 16.3 Å². The maximum absolute atomic E-state index is 12.8. The molecule has 2 aromatic carbocycles. The lowest BCUT2D eigenvalue weighted by Gasteiger charge is -2.57. The third-order valence-electron chi connectivity index (χ3n) is 12.9. The summed E-state index contributed by atoms with van der Waals surface area (Å²) in [7, 11) is 0. The Labute approximate surface area is 295 Å². The van der Waals surface area contributed by atoms with Crippen LogP contribution in [0.5, 0.6) is 0 Å². The van der Waals surface area contributed by atoms with Crippen LogP contribution in [0.1, 0.15) is 65.4 Å². The molecular weight excluding hydrogens is 634 g/mol. The Bertz CT molecular complexity index is 1720. The van der Waals surface area contributed by atoms with Crippen LogP contribution in [0.25, 0.3) is 0 Å². The second-order valence-corrected chi connectivity index (χ2v) is 15.8. The normalized spacial score (nSPS) is 35.0. The summed E-state index contributed by atoms with van der Waals surface area (Å²) in [5.41, 5.74) is 2.09. The highest BCUT2D eigenvalue weighted by Crippen LogP contribution is 2.72. The van der Waals surface area contributed by atoms with Crippen molar-refractivity contribution in [1.29, 1.82) is 0 Å². The summed E-state index contributed by atoms with van der Waals surface area (Å²) in [5, 5.41) is 4.06. The standard InChI is InChI=1S/C24H29ClO4.C17H19N3/c1-12(26)24(29-13(2)27)8-6-16-14-10-20(25)19-11-21(28)15-9-18(15)23(19,4)17(14)5-7-22(16,24)3;1-3-7-15(8-4-1)13-20(14-17-18-11-12-19-17)16-9-5-2-6-10-16/h10-11,14-18H,5-9H2,1-4H3;1-10H,11-14H2,(H,18,19)/t14-,15+,16-,17-,18-,22-,23-,24-;/m0./s1. The lowest BCUT2D eigenvalue weighted by atomic mass is 9.47. The number of fused-ring (bicyclic) bond motifs is 7. The van der Waals surface area contributed by atoms with Crippen molar-refractivity contribution in [2.75, 3.05) is 24.5 Å². The number of anilines is 1. The number of ether oxygens (including phenoxy) is 1.